The van der Waals surface area contributed by atoms with E-state index in [9.17, 15) is 9.90 Å². The molecule has 7 aromatic carbocycles. The number of aliphatic hydroxyl groups is 1. The molecule has 1 aliphatic rings. The van der Waals surface area contributed by atoms with Crippen LogP contribution < -0.4 is 14.9 Å². The van der Waals surface area contributed by atoms with Gasteiger partial charge < -0.3 is 37.9 Å². The molecular weight excluding hydrogens is 829 g/mol. The van der Waals surface area contributed by atoms with Gasteiger partial charge in [0, 0.05) is 17.7 Å². The van der Waals surface area contributed by atoms with Crippen LogP contribution in [0.15, 0.2) is 197 Å². The van der Waals surface area contributed by atoms with Gasteiger partial charge in [-0.15, -0.1) is 0 Å². The maximum Gasteiger partial charge on any atom is 0.197 e. The quantitative estimate of drug-likeness (QED) is 0.0902. The molecule has 9 rings (SSSR count). The molecule has 1 aliphatic heterocycles. The fraction of sp³-hybridized carbons (Fsp3) is 0.211. The average molecular weight is 881 g/mol. The fourth-order valence-corrected chi connectivity index (χ4v) is 8.22. The Labute approximate surface area is 384 Å². The van der Waals surface area contributed by atoms with Crippen molar-refractivity contribution < 1.29 is 37.9 Å². The smallest absolute Gasteiger partial charge is 0.197 e. The van der Waals surface area contributed by atoms with E-state index < -0.39 is 30.5 Å². The van der Waals surface area contributed by atoms with E-state index in [4.69, 9.17) is 32.8 Å². The van der Waals surface area contributed by atoms with Gasteiger partial charge in [0.25, 0.3) is 0 Å². The van der Waals surface area contributed by atoms with Crippen molar-refractivity contribution in [2.45, 2.75) is 70.5 Å². The van der Waals surface area contributed by atoms with Crippen LogP contribution >= 0.6 is 0 Å². The van der Waals surface area contributed by atoms with Crippen LogP contribution in [0.2, 0.25) is 0 Å². The second-order valence-corrected chi connectivity index (χ2v) is 16.5. The van der Waals surface area contributed by atoms with Crippen LogP contribution in [-0.4, -0.2) is 36.1 Å². The van der Waals surface area contributed by atoms with E-state index in [1.54, 1.807) is 6.07 Å². The maximum absolute atomic E-state index is 14.7. The first-order valence-corrected chi connectivity index (χ1v) is 22.3. The SMILES string of the molecule is Cc1ccc(-c2cc(=O)c3c(OCc4ccccc4)cc(OCc4ccccc4)c([C@@H]4O[C@H](COCc5ccccc5)[C@@H](OCc5ccccc5)[C@H](OCc5ccccc5)[C@H]4O)c3o2)cc1. The lowest BCUT2D eigenvalue weighted by Crippen LogP contribution is -2.57. The minimum absolute atomic E-state index is 0.0811. The first-order valence-electron chi connectivity index (χ1n) is 22.3. The number of fused-ring (bicyclic) bond motifs is 1. The van der Waals surface area contributed by atoms with E-state index >= 15 is 0 Å². The summed E-state index contributed by atoms with van der Waals surface area (Å²) in [6.45, 7) is 3.12. The maximum atomic E-state index is 14.7. The third-order valence-electron chi connectivity index (χ3n) is 11.7. The van der Waals surface area contributed by atoms with Gasteiger partial charge in [-0.2, -0.15) is 0 Å². The van der Waals surface area contributed by atoms with Crippen LogP contribution in [0.5, 0.6) is 11.5 Å². The number of benzene rings is 7. The minimum atomic E-state index is -1.37. The van der Waals surface area contributed by atoms with Gasteiger partial charge >= 0.3 is 0 Å². The summed E-state index contributed by atoms with van der Waals surface area (Å²) in [7, 11) is 0. The van der Waals surface area contributed by atoms with Crippen molar-refractivity contribution in [1.82, 2.24) is 0 Å². The molecule has 0 amide bonds. The summed E-state index contributed by atoms with van der Waals surface area (Å²) in [4.78, 5) is 14.7. The second kappa shape index (κ2) is 21.4. The number of rotatable bonds is 18. The molecule has 0 bridgehead atoms. The molecule has 0 aliphatic carbocycles. The second-order valence-electron chi connectivity index (χ2n) is 16.5. The number of aliphatic hydroxyl groups excluding tert-OH is 1. The van der Waals surface area contributed by atoms with Crippen molar-refractivity contribution in [2.24, 2.45) is 0 Å². The van der Waals surface area contributed by atoms with E-state index in [0.29, 0.717) is 29.2 Å². The summed E-state index contributed by atoms with van der Waals surface area (Å²) in [6, 6.07) is 60.0. The highest BCUT2D eigenvalue weighted by molar-refractivity contribution is 5.90. The van der Waals surface area contributed by atoms with Gasteiger partial charge in [0.2, 0.25) is 0 Å². The van der Waals surface area contributed by atoms with Crippen LogP contribution in [0, 0.1) is 6.92 Å². The molecule has 0 saturated carbocycles. The van der Waals surface area contributed by atoms with Crippen LogP contribution in [0.25, 0.3) is 22.3 Å². The summed E-state index contributed by atoms with van der Waals surface area (Å²) in [5.74, 6) is 0.896. The van der Waals surface area contributed by atoms with Crippen molar-refractivity contribution in [2.75, 3.05) is 6.61 Å². The third-order valence-corrected chi connectivity index (χ3v) is 11.7. The Morgan fingerprint density at radius 1 is 0.530 bits per heavy atom. The molecule has 334 valence electrons. The molecule has 9 heteroatoms. The summed E-state index contributed by atoms with van der Waals surface area (Å²) >= 11 is 0. The number of hydrogen-bond acceptors (Lipinski definition) is 9. The van der Waals surface area contributed by atoms with E-state index in [0.717, 1.165) is 33.4 Å². The Kier molecular flexibility index (Phi) is 14.4. The van der Waals surface area contributed by atoms with Gasteiger partial charge in [-0.05, 0) is 34.7 Å². The van der Waals surface area contributed by atoms with Crippen molar-refractivity contribution in [3.05, 3.63) is 237 Å². The molecule has 66 heavy (non-hydrogen) atoms. The molecule has 0 radical (unpaired) electrons. The highest BCUT2D eigenvalue weighted by atomic mass is 16.6. The van der Waals surface area contributed by atoms with Crippen LogP contribution in [0.3, 0.4) is 0 Å². The lowest BCUT2D eigenvalue weighted by molar-refractivity contribution is -0.263. The highest BCUT2D eigenvalue weighted by Gasteiger charge is 2.49. The van der Waals surface area contributed by atoms with Crippen molar-refractivity contribution in [1.29, 1.82) is 0 Å². The molecule has 0 unspecified atom stereocenters. The highest BCUT2D eigenvalue weighted by Crippen LogP contribution is 2.46. The molecule has 5 atom stereocenters. The third kappa shape index (κ3) is 10.8. The summed E-state index contributed by atoms with van der Waals surface area (Å²) in [5, 5.41) is 13.1. The average Bonchev–Trinajstić information content (AvgIpc) is 3.36. The molecule has 1 fully saturated rings. The molecule has 2 heterocycles. The molecule has 9 nitrogen and oxygen atoms in total. The number of hydrogen-bond donors (Lipinski definition) is 1. The predicted octanol–water partition coefficient (Wildman–Crippen LogP) is 11.1. The number of aryl methyl sites for hydroxylation is 1. The molecule has 1 N–H and O–H groups in total. The van der Waals surface area contributed by atoms with Crippen molar-refractivity contribution >= 4 is 11.0 Å². The Hall–Kier alpha value is -6.85. The normalized spacial score (nSPS) is 18.2. The van der Waals surface area contributed by atoms with Gasteiger partial charge in [-0.25, -0.2) is 0 Å². The van der Waals surface area contributed by atoms with Crippen molar-refractivity contribution in [3.63, 3.8) is 0 Å². The largest absolute Gasteiger partial charge is 0.488 e. The van der Waals surface area contributed by atoms with E-state index in [-0.39, 0.29) is 55.2 Å². The fourth-order valence-electron chi connectivity index (χ4n) is 8.22. The lowest BCUT2D eigenvalue weighted by Gasteiger charge is -2.45. The minimum Gasteiger partial charge on any atom is -0.488 e. The lowest BCUT2D eigenvalue weighted by atomic mass is 9.89. The van der Waals surface area contributed by atoms with Gasteiger partial charge in [-0.1, -0.05) is 181 Å². The Balaban J connectivity index is 1.20. The first-order chi connectivity index (χ1) is 32.5. The van der Waals surface area contributed by atoms with E-state index in [2.05, 4.69) is 0 Å². The van der Waals surface area contributed by atoms with Crippen LogP contribution in [0.4, 0.5) is 0 Å². The zero-order valence-corrected chi connectivity index (χ0v) is 36.7. The van der Waals surface area contributed by atoms with E-state index in [1.165, 1.54) is 6.07 Å². The standard InChI is InChI=1S/C57H52O9/c1-39-27-29-45(30-28-39)47-31-46(58)51-48(61-34-41-19-9-3-10-20-41)32-49(62-35-42-21-11-4-12-22-42)52(55(51)65-47)56-53(59)57(64-37-44-25-15-6-16-26-44)54(63-36-43-23-13-5-14-24-43)50(66-56)38-60-33-40-17-7-2-8-18-40/h2-32,50,53-54,56-57,59H,33-38H2,1H3/t50-,53+,54-,56+,57-/m1/s1. The summed E-state index contributed by atoms with van der Waals surface area (Å²) in [5.41, 5.74) is 6.56. The van der Waals surface area contributed by atoms with Crippen molar-refractivity contribution in [3.8, 4) is 22.8 Å². The first kappa shape index (κ1) is 44.4. The molecule has 1 aromatic heterocycles. The monoisotopic (exact) mass is 880 g/mol. The Morgan fingerprint density at radius 2 is 1.00 bits per heavy atom. The molecule has 8 aromatic rings. The van der Waals surface area contributed by atoms with Gasteiger partial charge in [0.15, 0.2) is 11.0 Å². The predicted molar refractivity (Wildman–Crippen MR) is 254 cm³/mol. The summed E-state index contributed by atoms with van der Waals surface area (Å²) in [6.07, 6.45) is -5.10. The topological polar surface area (TPSA) is 106 Å². The van der Waals surface area contributed by atoms with Crippen LogP contribution in [-0.2, 0) is 52.0 Å². The molecular formula is C57H52O9. The Bertz CT molecular complexity index is 2820. The molecule has 1 saturated heterocycles. The zero-order valence-electron chi connectivity index (χ0n) is 36.7. The van der Waals surface area contributed by atoms with Gasteiger partial charge in [0.05, 0.1) is 32.0 Å². The van der Waals surface area contributed by atoms with Gasteiger partial charge in [0.1, 0.15) is 66.4 Å². The van der Waals surface area contributed by atoms with Gasteiger partial charge in [-0.3, -0.25) is 4.79 Å². The molecule has 0 spiro atoms. The zero-order chi connectivity index (χ0) is 45.1. The number of ether oxygens (including phenoxy) is 6. The Morgan fingerprint density at radius 3 is 1.53 bits per heavy atom. The van der Waals surface area contributed by atoms with E-state index in [1.807, 2.05) is 183 Å². The van der Waals surface area contributed by atoms with Crippen LogP contribution in [0.1, 0.15) is 45.0 Å². The summed E-state index contributed by atoms with van der Waals surface area (Å²) < 4.78 is 47.3.